The van der Waals surface area contributed by atoms with Gasteiger partial charge in [0.1, 0.15) is 5.82 Å². The van der Waals surface area contributed by atoms with E-state index >= 15 is 0 Å². The Morgan fingerprint density at radius 1 is 1.07 bits per heavy atom. The molecular weight excluding hydrogens is 360 g/mol. The number of halogens is 1. The van der Waals surface area contributed by atoms with Crippen LogP contribution in [0.2, 0.25) is 5.02 Å². The van der Waals surface area contributed by atoms with E-state index in [0.29, 0.717) is 13.1 Å². The van der Waals surface area contributed by atoms with Crippen molar-refractivity contribution in [2.45, 2.75) is 13.1 Å². The summed E-state index contributed by atoms with van der Waals surface area (Å²) in [4.78, 5) is 13.5. The molecule has 0 unspecified atom stereocenters. The highest BCUT2D eigenvalue weighted by atomic mass is 35.5. The quantitative estimate of drug-likeness (QED) is 0.610. The molecule has 3 rings (SSSR count). The van der Waals surface area contributed by atoms with Crippen LogP contribution in [0.5, 0.6) is 0 Å². The van der Waals surface area contributed by atoms with E-state index in [4.69, 9.17) is 11.6 Å². The van der Waals surface area contributed by atoms with Crippen molar-refractivity contribution in [3.05, 3.63) is 58.7 Å². The molecule has 0 spiro atoms. The molecule has 144 valence electrons. The summed E-state index contributed by atoms with van der Waals surface area (Å²) in [6.45, 7) is 5.54. The first-order valence-corrected chi connectivity index (χ1v) is 9.59. The lowest BCUT2D eigenvalue weighted by atomic mass is 10.2. The Hall–Kier alpha value is -2.31. The lowest BCUT2D eigenvalue weighted by Crippen LogP contribution is -2.44. The first kappa shape index (κ1) is 19.5. The van der Waals surface area contributed by atoms with Crippen molar-refractivity contribution < 1.29 is 0 Å². The highest BCUT2D eigenvalue weighted by molar-refractivity contribution is 6.30. The number of rotatable bonds is 5. The summed E-state index contributed by atoms with van der Waals surface area (Å²) in [5.74, 6) is 1.80. The van der Waals surface area contributed by atoms with Gasteiger partial charge in [-0.15, -0.1) is 0 Å². The van der Waals surface area contributed by atoms with Crippen LogP contribution in [0.15, 0.2) is 47.6 Å². The molecule has 2 N–H and O–H groups in total. The summed E-state index contributed by atoms with van der Waals surface area (Å²) in [5, 5.41) is 7.42. The van der Waals surface area contributed by atoms with Gasteiger partial charge in [-0.1, -0.05) is 23.7 Å². The predicted molar refractivity (Wildman–Crippen MR) is 112 cm³/mol. The molecular formula is C20H27ClN6. The standard InChI is InChI=1S/C20H27ClN6/c1-22-20(24-14-16-4-3-5-18(21)12-16)25-15-17-6-7-23-19(13-17)27-10-8-26(2)9-11-27/h3-7,12-13H,8-11,14-15H2,1-2H3,(H2,22,24,25). The number of piperazine rings is 1. The van der Waals surface area contributed by atoms with Gasteiger partial charge < -0.3 is 20.4 Å². The molecule has 2 aromatic rings. The number of nitrogens with zero attached hydrogens (tertiary/aromatic N) is 4. The van der Waals surface area contributed by atoms with Gasteiger partial charge in [-0.3, -0.25) is 4.99 Å². The number of hydrogen-bond acceptors (Lipinski definition) is 4. The summed E-state index contributed by atoms with van der Waals surface area (Å²) in [5.41, 5.74) is 2.30. The van der Waals surface area contributed by atoms with Crippen LogP contribution in [-0.2, 0) is 13.1 Å². The van der Waals surface area contributed by atoms with Gasteiger partial charge in [-0.25, -0.2) is 4.98 Å². The van der Waals surface area contributed by atoms with Gasteiger partial charge >= 0.3 is 0 Å². The van der Waals surface area contributed by atoms with Crippen LogP contribution >= 0.6 is 11.6 Å². The largest absolute Gasteiger partial charge is 0.354 e. The van der Waals surface area contributed by atoms with Crippen molar-refractivity contribution >= 4 is 23.4 Å². The molecule has 6 nitrogen and oxygen atoms in total. The van der Waals surface area contributed by atoms with Gasteiger partial charge in [0.2, 0.25) is 0 Å². The summed E-state index contributed by atoms with van der Waals surface area (Å²) >= 11 is 6.04. The Bertz CT molecular complexity index is 771. The van der Waals surface area contributed by atoms with Gasteiger partial charge in [-0.05, 0) is 42.4 Å². The van der Waals surface area contributed by atoms with E-state index in [1.165, 1.54) is 5.56 Å². The molecule has 0 amide bonds. The van der Waals surface area contributed by atoms with E-state index in [9.17, 15) is 0 Å². The molecule has 2 heterocycles. The molecule has 1 aliphatic rings. The second kappa shape index (κ2) is 9.58. The van der Waals surface area contributed by atoms with E-state index < -0.39 is 0 Å². The Balaban J connectivity index is 1.53. The molecule has 0 aliphatic carbocycles. The fourth-order valence-electron chi connectivity index (χ4n) is 3.02. The number of likely N-dealkylation sites (N-methyl/N-ethyl adjacent to an activating group) is 1. The third-order valence-corrected chi connectivity index (χ3v) is 4.90. The zero-order chi connectivity index (χ0) is 19.1. The maximum Gasteiger partial charge on any atom is 0.191 e. The Kier molecular flexibility index (Phi) is 6.90. The molecule has 0 bridgehead atoms. The van der Waals surface area contributed by atoms with Crippen LogP contribution in [0.3, 0.4) is 0 Å². The van der Waals surface area contributed by atoms with Gasteiger partial charge in [0.15, 0.2) is 5.96 Å². The third kappa shape index (κ3) is 5.84. The number of hydrogen-bond donors (Lipinski definition) is 2. The topological polar surface area (TPSA) is 55.8 Å². The minimum atomic E-state index is 0.670. The van der Waals surface area contributed by atoms with E-state index in [-0.39, 0.29) is 0 Å². The van der Waals surface area contributed by atoms with Crippen molar-refractivity contribution in [3.63, 3.8) is 0 Å². The number of guanidine groups is 1. The maximum atomic E-state index is 6.04. The van der Waals surface area contributed by atoms with Crippen molar-refractivity contribution in [3.8, 4) is 0 Å². The van der Waals surface area contributed by atoms with Gasteiger partial charge in [-0.2, -0.15) is 0 Å². The molecule has 1 aromatic carbocycles. The van der Waals surface area contributed by atoms with Crippen molar-refractivity contribution in [2.75, 3.05) is 45.2 Å². The summed E-state index contributed by atoms with van der Waals surface area (Å²) < 4.78 is 0. The van der Waals surface area contributed by atoms with Crippen LogP contribution in [0, 0.1) is 0 Å². The zero-order valence-corrected chi connectivity index (χ0v) is 16.7. The Morgan fingerprint density at radius 2 is 1.78 bits per heavy atom. The van der Waals surface area contributed by atoms with Crippen LogP contribution in [0.25, 0.3) is 0 Å². The Morgan fingerprint density at radius 3 is 2.44 bits per heavy atom. The molecule has 1 aromatic heterocycles. The third-order valence-electron chi connectivity index (χ3n) is 4.67. The van der Waals surface area contributed by atoms with Crippen LogP contribution in [0.1, 0.15) is 11.1 Å². The number of nitrogens with one attached hydrogen (secondary N) is 2. The molecule has 1 fully saturated rings. The lowest BCUT2D eigenvalue weighted by Gasteiger charge is -2.33. The molecule has 0 saturated carbocycles. The summed E-state index contributed by atoms with van der Waals surface area (Å²) in [6.07, 6.45) is 1.88. The normalized spacial score (nSPS) is 15.7. The van der Waals surface area contributed by atoms with Gasteiger partial charge in [0, 0.05) is 57.5 Å². The second-order valence-corrected chi connectivity index (χ2v) is 7.16. The smallest absolute Gasteiger partial charge is 0.191 e. The minimum absolute atomic E-state index is 0.670. The molecule has 27 heavy (non-hydrogen) atoms. The molecule has 1 saturated heterocycles. The Labute approximate surface area is 166 Å². The monoisotopic (exact) mass is 386 g/mol. The molecule has 0 atom stereocenters. The first-order valence-electron chi connectivity index (χ1n) is 9.21. The average molecular weight is 387 g/mol. The van der Waals surface area contributed by atoms with Crippen molar-refractivity contribution in [2.24, 2.45) is 4.99 Å². The lowest BCUT2D eigenvalue weighted by molar-refractivity contribution is 0.312. The number of aliphatic imine (C=N–C) groups is 1. The van der Waals surface area contributed by atoms with E-state index in [0.717, 1.165) is 48.5 Å². The summed E-state index contributed by atoms with van der Waals surface area (Å²) in [6, 6.07) is 12.0. The van der Waals surface area contributed by atoms with Gasteiger partial charge in [0.05, 0.1) is 0 Å². The fourth-order valence-corrected chi connectivity index (χ4v) is 3.23. The SMILES string of the molecule is CN=C(NCc1cccc(Cl)c1)NCc1ccnc(N2CCN(C)CC2)c1. The highest BCUT2D eigenvalue weighted by Crippen LogP contribution is 2.15. The predicted octanol–water partition coefficient (Wildman–Crippen LogP) is 2.35. The zero-order valence-electron chi connectivity index (χ0n) is 16.0. The van der Waals surface area contributed by atoms with E-state index in [1.807, 2.05) is 36.5 Å². The van der Waals surface area contributed by atoms with E-state index in [2.05, 4.69) is 43.5 Å². The van der Waals surface area contributed by atoms with Crippen LogP contribution < -0.4 is 15.5 Å². The molecule has 1 aliphatic heterocycles. The van der Waals surface area contributed by atoms with Crippen LogP contribution in [0.4, 0.5) is 5.82 Å². The van der Waals surface area contributed by atoms with Crippen molar-refractivity contribution in [1.29, 1.82) is 0 Å². The highest BCUT2D eigenvalue weighted by Gasteiger charge is 2.15. The number of aromatic nitrogens is 1. The number of pyridine rings is 1. The molecule has 0 radical (unpaired) electrons. The summed E-state index contributed by atoms with van der Waals surface area (Å²) in [7, 11) is 3.93. The number of anilines is 1. The first-order chi connectivity index (χ1) is 13.1. The van der Waals surface area contributed by atoms with Crippen molar-refractivity contribution in [1.82, 2.24) is 20.5 Å². The van der Waals surface area contributed by atoms with Gasteiger partial charge in [0.25, 0.3) is 0 Å². The molecule has 7 heteroatoms. The maximum absolute atomic E-state index is 6.04. The minimum Gasteiger partial charge on any atom is -0.354 e. The number of benzene rings is 1. The van der Waals surface area contributed by atoms with Crippen LogP contribution in [-0.4, -0.2) is 56.1 Å². The second-order valence-electron chi connectivity index (χ2n) is 6.72. The van der Waals surface area contributed by atoms with E-state index in [1.54, 1.807) is 7.05 Å². The average Bonchev–Trinajstić information content (AvgIpc) is 2.69. The fraction of sp³-hybridized carbons (Fsp3) is 0.400.